The van der Waals surface area contributed by atoms with Crippen molar-refractivity contribution in [2.45, 2.75) is 57.6 Å². The Balaban J connectivity index is 1.99. The van der Waals surface area contributed by atoms with Crippen molar-refractivity contribution in [2.24, 2.45) is 10.1 Å². The molecule has 0 unspecified atom stereocenters. The lowest BCUT2D eigenvalue weighted by molar-refractivity contribution is -0.125. The zero-order valence-corrected chi connectivity index (χ0v) is 18.1. The van der Waals surface area contributed by atoms with Gasteiger partial charge in [-0.1, -0.05) is 0 Å². The quantitative estimate of drug-likeness (QED) is 0.539. The first-order valence-electron chi connectivity index (χ1n) is 10.5. The highest BCUT2D eigenvalue weighted by atomic mass is 16.5. The van der Waals surface area contributed by atoms with Crippen molar-refractivity contribution < 1.29 is 19.4 Å². The normalized spacial score (nSPS) is 24.1. The highest BCUT2D eigenvalue weighted by Crippen LogP contribution is 2.37. The van der Waals surface area contributed by atoms with E-state index in [2.05, 4.69) is 23.1 Å². The fraction of sp³-hybridized carbons (Fsp3) is 0.667. The Morgan fingerprint density at radius 1 is 1.43 bits per heavy atom. The van der Waals surface area contributed by atoms with E-state index in [1.807, 2.05) is 18.5 Å². The maximum absolute atomic E-state index is 12.5. The molecule has 1 aromatic rings. The lowest BCUT2D eigenvalue weighted by Gasteiger charge is -2.26. The minimum Gasteiger partial charge on any atom is -0.393 e. The molecule has 1 amide bonds. The largest absolute Gasteiger partial charge is 0.393 e. The molecule has 166 valence electrons. The fourth-order valence-corrected chi connectivity index (χ4v) is 4.16. The van der Waals surface area contributed by atoms with Crippen LogP contribution in [0, 0.1) is 6.92 Å². The summed E-state index contributed by atoms with van der Waals surface area (Å²) in [5.41, 5.74) is 2.74. The molecule has 9 heteroatoms. The third kappa shape index (κ3) is 5.08. The van der Waals surface area contributed by atoms with Crippen LogP contribution in [0.5, 0.6) is 0 Å². The Bertz CT molecular complexity index is 783. The Morgan fingerprint density at radius 2 is 2.17 bits per heavy atom. The number of aliphatic hydroxyl groups is 1. The van der Waals surface area contributed by atoms with Gasteiger partial charge >= 0.3 is 0 Å². The summed E-state index contributed by atoms with van der Waals surface area (Å²) in [7, 11) is 1.65. The van der Waals surface area contributed by atoms with E-state index in [1.165, 1.54) is 0 Å². The molecule has 2 N–H and O–H groups in total. The first kappa shape index (κ1) is 22.5. The van der Waals surface area contributed by atoms with Gasteiger partial charge in [-0.25, -0.2) is 9.67 Å². The summed E-state index contributed by atoms with van der Waals surface area (Å²) in [6.07, 6.45) is 3.04. The number of anilines is 1. The number of aromatic nitrogens is 1. The Labute approximate surface area is 177 Å². The monoisotopic (exact) mass is 419 g/mol. The molecule has 2 fully saturated rings. The van der Waals surface area contributed by atoms with Crippen LogP contribution < -0.4 is 10.2 Å². The predicted molar refractivity (Wildman–Crippen MR) is 116 cm³/mol. The van der Waals surface area contributed by atoms with Gasteiger partial charge in [-0.05, 0) is 52.3 Å². The van der Waals surface area contributed by atoms with E-state index in [0.717, 1.165) is 42.8 Å². The highest BCUT2D eigenvalue weighted by molar-refractivity contribution is 5.95. The average molecular weight is 420 g/mol. The number of nitrogens with zero attached hydrogens (tertiary/aromatic N) is 4. The van der Waals surface area contributed by atoms with Crippen LogP contribution in [0.4, 0.5) is 5.69 Å². The standard InChI is InChI=1S/C21H33N5O4/c1-14(12-29-4)23-21(22-3)24-26-15(2)18(25-9-10-30-13-20(25)28)11-19(26)16-5-7-17(27)8-6-16/h11,14,16-17,27H,3,5-10,12-13H2,1-2,4H3,(H,23,24)/t14-,16-,17-/m0/s1. The van der Waals surface area contributed by atoms with E-state index in [1.54, 1.807) is 12.0 Å². The molecule has 1 aliphatic heterocycles. The Hall–Kier alpha value is -2.23. The van der Waals surface area contributed by atoms with Gasteiger partial charge in [0, 0.05) is 31.3 Å². The maximum atomic E-state index is 12.5. The Morgan fingerprint density at radius 3 is 2.80 bits per heavy atom. The molecule has 0 radical (unpaired) electrons. The summed E-state index contributed by atoms with van der Waals surface area (Å²) in [6.45, 7) is 9.23. The zero-order chi connectivity index (χ0) is 21.7. The summed E-state index contributed by atoms with van der Waals surface area (Å²) in [5.74, 6) is 0.600. The molecule has 30 heavy (non-hydrogen) atoms. The molecule has 1 saturated heterocycles. The minimum absolute atomic E-state index is 0.0173. The third-order valence-electron chi connectivity index (χ3n) is 5.75. The molecule has 0 aromatic carbocycles. The molecule has 2 aliphatic rings. The lowest BCUT2D eigenvalue weighted by Crippen LogP contribution is -2.41. The van der Waals surface area contributed by atoms with Gasteiger partial charge in [0.1, 0.15) is 6.61 Å². The Kier molecular flexibility index (Phi) is 7.63. The van der Waals surface area contributed by atoms with E-state index in [0.29, 0.717) is 25.7 Å². The molecule has 3 rings (SSSR count). The molecule has 1 atom stereocenters. The second-order valence-electron chi connectivity index (χ2n) is 8.04. The molecular weight excluding hydrogens is 386 g/mol. The average Bonchev–Trinajstić information content (AvgIpc) is 3.04. The van der Waals surface area contributed by atoms with Crippen molar-refractivity contribution in [1.82, 2.24) is 9.99 Å². The number of rotatable bonds is 6. The number of hydrogen-bond donors (Lipinski definition) is 2. The van der Waals surface area contributed by atoms with Crippen LogP contribution in [0.15, 0.2) is 16.2 Å². The SMILES string of the molecule is C=N/C(=N\n1c(C)c(N2CCOCC2=O)cc1[C@H]1CC[C@H](O)CC1)N[C@@H](C)COC. The van der Waals surface area contributed by atoms with E-state index in [9.17, 15) is 9.90 Å². The summed E-state index contributed by atoms with van der Waals surface area (Å²) < 4.78 is 12.3. The fourth-order valence-electron chi connectivity index (χ4n) is 4.16. The van der Waals surface area contributed by atoms with Crippen LogP contribution in [-0.4, -0.2) is 74.0 Å². The molecular formula is C21H33N5O4. The predicted octanol–water partition coefficient (Wildman–Crippen LogP) is 1.62. The lowest BCUT2D eigenvalue weighted by atomic mass is 9.85. The summed E-state index contributed by atoms with van der Waals surface area (Å²) >= 11 is 0. The van der Waals surface area contributed by atoms with Gasteiger partial charge in [-0.3, -0.25) is 4.79 Å². The van der Waals surface area contributed by atoms with Gasteiger partial charge in [-0.15, -0.1) is 5.10 Å². The van der Waals surface area contributed by atoms with Gasteiger partial charge in [0.15, 0.2) is 0 Å². The molecule has 1 aromatic heterocycles. The highest BCUT2D eigenvalue weighted by Gasteiger charge is 2.29. The van der Waals surface area contributed by atoms with Gasteiger partial charge < -0.3 is 24.8 Å². The number of ether oxygens (including phenoxy) is 2. The number of carbonyl (C=O) groups excluding carboxylic acids is 1. The molecule has 2 heterocycles. The molecule has 0 bridgehead atoms. The van der Waals surface area contributed by atoms with E-state index in [4.69, 9.17) is 14.6 Å². The second-order valence-corrected chi connectivity index (χ2v) is 8.04. The maximum Gasteiger partial charge on any atom is 0.253 e. The van der Waals surface area contributed by atoms with Crippen LogP contribution in [0.1, 0.15) is 49.9 Å². The summed E-state index contributed by atoms with van der Waals surface area (Å²) in [5, 5.41) is 17.9. The van der Waals surface area contributed by atoms with E-state index < -0.39 is 0 Å². The first-order valence-corrected chi connectivity index (χ1v) is 10.5. The molecule has 1 aliphatic carbocycles. The minimum atomic E-state index is -0.239. The molecule has 9 nitrogen and oxygen atoms in total. The smallest absolute Gasteiger partial charge is 0.253 e. The van der Waals surface area contributed by atoms with Gasteiger partial charge in [0.05, 0.1) is 30.7 Å². The van der Waals surface area contributed by atoms with Crippen molar-refractivity contribution in [1.29, 1.82) is 0 Å². The number of carbonyl (C=O) groups is 1. The first-order chi connectivity index (χ1) is 14.4. The number of guanidine groups is 1. The van der Waals surface area contributed by atoms with Crippen molar-refractivity contribution >= 4 is 24.3 Å². The van der Waals surface area contributed by atoms with Gasteiger partial charge in [0.2, 0.25) is 5.96 Å². The molecule has 0 spiro atoms. The van der Waals surface area contributed by atoms with Crippen LogP contribution in [-0.2, 0) is 14.3 Å². The van der Waals surface area contributed by atoms with Gasteiger partial charge in [-0.2, -0.15) is 0 Å². The summed E-state index contributed by atoms with van der Waals surface area (Å²) in [4.78, 5) is 18.3. The van der Waals surface area contributed by atoms with Crippen molar-refractivity contribution in [3.05, 3.63) is 17.5 Å². The number of hydrogen-bond acceptors (Lipinski definition) is 5. The zero-order valence-electron chi connectivity index (χ0n) is 18.1. The number of aliphatic imine (C=N–C) groups is 1. The summed E-state index contributed by atoms with van der Waals surface area (Å²) in [6, 6.07) is 2.08. The molecule has 1 saturated carbocycles. The topological polar surface area (TPSA) is 101 Å². The van der Waals surface area contributed by atoms with Crippen LogP contribution in [0.3, 0.4) is 0 Å². The van der Waals surface area contributed by atoms with E-state index >= 15 is 0 Å². The van der Waals surface area contributed by atoms with Crippen molar-refractivity contribution in [3.63, 3.8) is 0 Å². The number of nitrogens with one attached hydrogen (secondary N) is 1. The number of methoxy groups -OCH3 is 1. The third-order valence-corrected chi connectivity index (χ3v) is 5.75. The number of amides is 1. The van der Waals surface area contributed by atoms with Crippen LogP contribution >= 0.6 is 0 Å². The van der Waals surface area contributed by atoms with Gasteiger partial charge in [0.25, 0.3) is 5.91 Å². The van der Waals surface area contributed by atoms with Crippen molar-refractivity contribution in [2.75, 3.05) is 38.4 Å². The number of aliphatic hydroxyl groups excluding tert-OH is 1. The van der Waals surface area contributed by atoms with E-state index in [-0.39, 0.29) is 30.6 Å². The van der Waals surface area contributed by atoms with Crippen LogP contribution in [0.25, 0.3) is 0 Å². The van der Waals surface area contributed by atoms with Crippen molar-refractivity contribution in [3.8, 4) is 0 Å². The second kappa shape index (κ2) is 10.2. The van der Waals surface area contributed by atoms with Crippen LogP contribution in [0.2, 0.25) is 0 Å². The number of morpholine rings is 1.